The number of nitrogens with zero attached hydrogens (tertiary/aromatic N) is 1. The van der Waals surface area contributed by atoms with E-state index >= 15 is 0 Å². The summed E-state index contributed by atoms with van der Waals surface area (Å²) < 4.78 is 4.86. The molecule has 1 aromatic carbocycles. The highest BCUT2D eigenvalue weighted by molar-refractivity contribution is 5.95. The Morgan fingerprint density at radius 1 is 1.44 bits per heavy atom. The number of aromatic amines is 1. The molecule has 2 rings (SSSR count). The lowest BCUT2D eigenvalue weighted by Gasteiger charge is -1.97. The van der Waals surface area contributed by atoms with Crippen molar-refractivity contribution in [2.75, 3.05) is 6.61 Å². The zero-order chi connectivity index (χ0) is 13.3. The SMILES string of the molecule is CCOC(=O)c1cc2cc(C)c([N+](=O)[O-])cc2[nH]1. The van der Waals surface area contributed by atoms with Gasteiger partial charge in [-0.3, -0.25) is 10.1 Å². The predicted octanol–water partition coefficient (Wildman–Crippen LogP) is 2.56. The molecule has 1 aromatic heterocycles. The van der Waals surface area contributed by atoms with Crippen molar-refractivity contribution in [2.45, 2.75) is 13.8 Å². The van der Waals surface area contributed by atoms with Gasteiger partial charge in [-0.05, 0) is 26.0 Å². The minimum atomic E-state index is -0.464. The summed E-state index contributed by atoms with van der Waals surface area (Å²) in [5.74, 6) is -0.464. The molecule has 0 fully saturated rings. The molecule has 1 heterocycles. The van der Waals surface area contributed by atoms with Crippen molar-refractivity contribution in [1.82, 2.24) is 4.98 Å². The fourth-order valence-corrected chi connectivity index (χ4v) is 1.80. The van der Waals surface area contributed by atoms with E-state index in [4.69, 9.17) is 4.74 Å². The quantitative estimate of drug-likeness (QED) is 0.514. The van der Waals surface area contributed by atoms with Gasteiger partial charge in [0.15, 0.2) is 0 Å². The number of fused-ring (bicyclic) bond motifs is 1. The summed E-state index contributed by atoms with van der Waals surface area (Å²) in [6, 6.07) is 4.73. The molecule has 18 heavy (non-hydrogen) atoms. The summed E-state index contributed by atoms with van der Waals surface area (Å²) in [6.07, 6.45) is 0. The first-order valence-corrected chi connectivity index (χ1v) is 5.47. The second-order valence-electron chi connectivity index (χ2n) is 3.89. The molecule has 0 unspecified atom stereocenters. The van der Waals surface area contributed by atoms with Gasteiger partial charge >= 0.3 is 5.97 Å². The summed E-state index contributed by atoms with van der Waals surface area (Å²) in [5, 5.41) is 11.6. The lowest BCUT2D eigenvalue weighted by Crippen LogP contribution is -2.04. The summed E-state index contributed by atoms with van der Waals surface area (Å²) >= 11 is 0. The predicted molar refractivity (Wildman–Crippen MR) is 65.6 cm³/mol. The van der Waals surface area contributed by atoms with Crippen LogP contribution in [0.2, 0.25) is 0 Å². The first kappa shape index (κ1) is 12.1. The van der Waals surface area contributed by atoms with Crippen molar-refractivity contribution in [3.63, 3.8) is 0 Å². The molecular weight excluding hydrogens is 236 g/mol. The van der Waals surface area contributed by atoms with Crippen molar-refractivity contribution >= 4 is 22.6 Å². The first-order valence-electron chi connectivity index (χ1n) is 5.47. The molecule has 0 atom stereocenters. The Morgan fingerprint density at radius 3 is 2.78 bits per heavy atom. The van der Waals surface area contributed by atoms with Gasteiger partial charge in [0, 0.05) is 17.0 Å². The largest absolute Gasteiger partial charge is 0.461 e. The highest BCUT2D eigenvalue weighted by atomic mass is 16.6. The Morgan fingerprint density at radius 2 is 2.17 bits per heavy atom. The molecule has 0 saturated carbocycles. The second kappa shape index (κ2) is 4.48. The molecule has 0 spiro atoms. The smallest absolute Gasteiger partial charge is 0.354 e. The van der Waals surface area contributed by atoms with Crippen LogP contribution in [0.15, 0.2) is 18.2 Å². The lowest BCUT2D eigenvalue weighted by atomic mass is 10.1. The third-order valence-electron chi connectivity index (χ3n) is 2.63. The molecule has 0 saturated heterocycles. The number of nitro groups is 1. The third-order valence-corrected chi connectivity index (χ3v) is 2.63. The second-order valence-corrected chi connectivity index (χ2v) is 3.89. The van der Waals surface area contributed by atoms with Crippen LogP contribution in [-0.2, 0) is 4.74 Å². The summed E-state index contributed by atoms with van der Waals surface area (Å²) in [6.45, 7) is 3.66. The number of hydrogen-bond acceptors (Lipinski definition) is 4. The minimum absolute atomic E-state index is 0.0276. The molecule has 1 N–H and O–H groups in total. The standard InChI is InChI=1S/C12H12N2O4/c1-3-18-12(15)10-5-8-4-7(2)11(14(16)17)6-9(8)13-10/h4-6,13H,3H2,1-2H3. The van der Waals surface area contributed by atoms with Crippen LogP contribution in [0.5, 0.6) is 0 Å². The fourth-order valence-electron chi connectivity index (χ4n) is 1.80. The van der Waals surface area contributed by atoms with E-state index in [1.54, 1.807) is 26.0 Å². The maximum absolute atomic E-state index is 11.5. The van der Waals surface area contributed by atoms with E-state index in [0.717, 1.165) is 5.39 Å². The highest BCUT2D eigenvalue weighted by Crippen LogP contribution is 2.25. The monoisotopic (exact) mass is 248 g/mol. The average molecular weight is 248 g/mol. The number of carbonyl (C=O) groups is 1. The van der Waals surface area contributed by atoms with Crippen LogP contribution in [0.25, 0.3) is 10.9 Å². The maximum atomic E-state index is 11.5. The van der Waals surface area contributed by atoms with E-state index in [1.165, 1.54) is 6.07 Å². The Balaban J connectivity index is 2.52. The Kier molecular flexibility index (Phi) is 3.01. The number of aryl methyl sites for hydroxylation is 1. The first-order chi connectivity index (χ1) is 8.52. The van der Waals surface area contributed by atoms with Crippen molar-refractivity contribution < 1.29 is 14.5 Å². The molecule has 0 bridgehead atoms. The van der Waals surface area contributed by atoms with Crippen LogP contribution < -0.4 is 0 Å². The van der Waals surface area contributed by atoms with Crippen LogP contribution in [0.3, 0.4) is 0 Å². The van der Waals surface area contributed by atoms with Gasteiger partial charge in [0.2, 0.25) is 0 Å². The molecule has 6 heteroatoms. The number of nitrogens with one attached hydrogen (secondary N) is 1. The van der Waals surface area contributed by atoms with Crippen molar-refractivity contribution in [3.8, 4) is 0 Å². The Labute approximate surface area is 103 Å². The Hall–Kier alpha value is -2.37. The molecule has 6 nitrogen and oxygen atoms in total. The number of ether oxygens (including phenoxy) is 1. The number of H-pyrrole nitrogens is 1. The minimum Gasteiger partial charge on any atom is -0.461 e. The van der Waals surface area contributed by atoms with Gasteiger partial charge in [0.1, 0.15) is 5.69 Å². The third kappa shape index (κ3) is 2.04. The van der Waals surface area contributed by atoms with Gasteiger partial charge in [-0.2, -0.15) is 0 Å². The maximum Gasteiger partial charge on any atom is 0.354 e. The van der Waals surface area contributed by atoms with E-state index < -0.39 is 10.9 Å². The van der Waals surface area contributed by atoms with Gasteiger partial charge in [-0.15, -0.1) is 0 Å². The molecule has 0 radical (unpaired) electrons. The van der Waals surface area contributed by atoms with E-state index in [-0.39, 0.29) is 12.3 Å². The molecule has 2 aromatic rings. The van der Waals surface area contributed by atoms with Gasteiger partial charge in [-0.1, -0.05) is 0 Å². The summed E-state index contributed by atoms with van der Waals surface area (Å²) in [5.41, 5.74) is 1.43. The zero-order valence-electron chi connectivity index (χ0n) is 10.0. The van der Waals surface area contributed by atoms with Crippen LogP contribution in [0.4, 0.5) is 5.69 Å². The number of carbonyl (C=O) groups excluding carboxylic acids is 1. The van der Waals surface area contributed by atoms with E-state index in [9.17, 15) is 14.9 Å². The number of esters is 1. The summed E-state index contributed by atoms with van der Waals surface area (Å²) in [7, 11) is 0. The molecule has 0 aliphatic rings. The van der Waals surface area contributed by atoms with Gasteiger partial charge < -0.3 is 9.72 Å². The van der Waals surface area contributed by atoms with Crippen LogP contribution in [0, 0.1) is 17.0 Å². The number of rotatable bonds is 3. The van der Waals surface area contributed by atoms with Crippen molar-refractivity contribution in [3.05, 3.63) is 39.6 Å². The van der Waals surface area contributed by atoms with Gasteiger partial charge in [-0.25, -0.2) is 4.79 Å². The highest BCUT2D eigenvalue weighted by Gasteiger charge is 2.15. The molecule has 0 aliphatic heterocycles. The van der Waals surface area contributed by atoms with Gasteiger partial charge in [0.05, 0.1) is 17.0 Å². The average Bonchev–Trinajstić information content (AvgIpc) is 2.70. The topological polar surface area (TPSA) is 85.2 Å². The fraction of sp³-hybridized carbons (Fsp3) is 0.250. The van der Waals surface area contributed by atoms with Crippen molar-refractivity contribution in [2.24, 2.45) is 0 Å². The molecule has 0 amide bonds. The van der Waals surface area contributed by atoms with Gasteiger partial charge in [0.25, 0.3) is 5.69 Å². The normalized spacial score (nSPS) is 10.6. The number of benzene rings is 1. The van der Waals surface area contributed by atoms with Crippen LogP contribution in [0.1, 0.15) is 23.0 Å². The number of nitro benzene ring substituents is 1. The van der Waals surface area contributed by atoms with Crippen LogP contribution >= 0.6 is 0 Å². The summed E-state index contributed by atoms with van der Waals surface area (Å²) in [4.78, 5) is 24.7. The Bertz CT molecular complexity index is 630. The van der Waals surface area contributed by atoms with E-state index in [2.05, 4.69) is 4.98 Å². The van der Waals surface area contributed by atoms with Crippen molar-refractivity contribution in [1.29, 1.82) is 0 Å². The zero-order valence-corrected chi connectivity index (χ0v) is 10.0. The number of hydrogen-bond donors (Lipinski definition) is 1. The van der Waals surface area contributed by atoms with E-state index in [0.29, 0.717) is 16.8 Å². The molecule has 94 valence electrons. The van der Waals surface area contributed by atoms with E-state index in [1.807, 2.05) is 0 Å². The molecular formula is C12H12N2O4. The van der Waals surface area contributed by atoms with Crippen LogP contribution in [-0.4, -0.2) is 22.5 Å². The number of aromatic nitrogens is 1. The molecule has 0 aliphatic carbocycles. The lowest BCUT2D eigenvalue weighted by molar-refractivity contribution is -0.385.